The minimum absolute atomic E-state index is 0.128. The second-order valence-corrected chi connectivity index (χ2v) is 10.8. The van der Waals surface area contributed by atoms with Crippen molar-refractivity contribution in [2.75, 3.05) is 58.4 Å². The van der Waals surface area contributed by atoms with Gasteiger partial charge < -0.3 is 9.64 Å². The average Bonchev–Trinajstić information content (AvgIpc) is 3.25. The van der Waals surface area contributed by atoms with Crippen molar-refractivity contribution in [2.24, 2.45) is 0 Å². The van der Waals surface area contributed by atoms with Gasteiger partial charge in [0.25, 0.3) is 5.91 Å². The van der Waals surface area contributed by atoms with Gasteiger partial charge in [0.15, 0.2) is 5.13 Å². The van der Waals surface area contributed by atoms with E-state index in [1.54, 1.807) is 12.1 Å². The van der Waals surface area contributed by atoms with Crippen molar-refractivity contribution in [3.8, 4) is 0 Å². The SMILES string of the molecule is CN(C)CCN(C(=O)c1ccc(S(=O)(=O)N2CCOCC2)cc1)c1nc2c(F)cccc2s1. The second kappa shape index (κ2) is 9.82. The summed E-state index contributed by atoms with van der Waals surface area (Å²) in [7, 11) is 0.139. The van der Waals surface area contributed by atoms with Gasteiger partial charge in [0.05, 0.1) is 22.8 Å². The number of morpholine rings is 1. The molecule has 0 N–H and O–H groups in total. The van der Waals surface area contributed by atoms with Crippen LogP contribution in [0, 0.1) is 5.82 Å². The van der Waals surface area contributed by atoms with Crippen LogP contribution in [0.3, 0.4) is 0 Å². The maximum atomic E-state index is 14.2. The summed E-state index contributed by atoms with van der Waals surface area (Å²) in [6.45, 7) is 2.25. The topological polar surface area (TPSA) is 83.1 Å². The summed E-state index contributed by atoms with van der Waals surface area (Å²) in [5.74, 6) is -0.765. The number of thiazole rings is 1. The predicted octanol–water partition coefficient (Wildman–Crippen LogP) is 2.66. The zero-order valence-electron chi connectivity index (χ0n) is 18.4. The fourth-order valence-electron chi connectivity index (χ4n) is 3.46. The Labute approximate surface area is 196 Å². The van der Waals surface area contributed by atoms with Gasteiger partial charge in [0.2, 0.25) is 10.0 Å². The minimum Gasteiger partial charge on any atom is -0.379 e. The Morgan fingerprint density at radius 1 is 1.12 bits per heavy atom. The van der Waals surface area contributed by atoms with Crippen molar-refractivity contribution in [1.29, 1.82) is 0 Å². The lowest BCUT2D eigenvalue weighted by molar-refractivity contribution is 0.0730. The van der Waals surface area contributed by atoms with Crippen LogP contribution in [0.5, 0.6) is 0 Å². The Bertz CT molecular complexity index is 1240. The number of nitrogens with zero attached hydrogens (tertiary/aromatic N) is 4. The number of carbonyl (C=O) groups excluding carboxylic acids is 1. The maximum Gasteiger partial charge on any atom is 0.260 e. The van der Waals surface area contributed by atoms with Crippen LogP contribution in [0.15, 0.2) is 47.4 Å². The van der Waals surface area contributed by atoms with E-state index in [4.69, 9.17) is 4.74 Å². The molecule has 2 aromatic carbocycles. The fourth-order valence-corrected chi connectivity index (χ4v) is 5.88. The fraction of sp³-hybridized carbons (Fsp3) is 0.364. The number of para-hydroxylation sites is 1. The highest BCUT2D eigenvalue weighted by atomic mass is 32.2. The molecule has 0 aliphatic carbocycles. The summed E-state index contributed by atoms with van der Waals surface area (Å²) in [5.41, 5.74) is 0.557. The van der Waals surface area contributed by atoms with Crippen LogP contribution < -0.4 is 4.90 Å². The van der Waals surface area contributed by atoms with Crippen molar-refractivity contribution in [3.05, 3.63) is 53.8 Å². The first-order chi connectivity index (χ1) is 15.8. The molecule has 33 heavy (non-hydrogen) atoms. The zero-order chi connectivity index (χ0) is 23.6. The van der Waals surface area contributed by atoms with Crippen LogP contribution in [-0.4, -0.2) is 82.0 Å². The number of ether oxygens (including phenoxy) is 1. The summed E-state index contributed by atoms with van der Waals surface area (Å²) >= 11 is 1.24. The van der Waals surface area contributed by atoms with Crippen molar-refractivity contribution in [2.45, 2.75) is 4.90 Å². The molecule has 11 heteroatoms. The summed E-state index contributed by atoms with van der Waals surface area (Å²) in [6.07, 6.45) is 0. The first-order valence-corrected chi connectivity index (χ1v) is 12.7. The molecule has 0 atom stereocenters. The normalized spacial score (nSPS) is 15.3. The third kappa shape index (κ3) is 5.07. The van der Waals surface area contributed by atoms with Crippen LogP contribution in [0.4, 0.5) is 9.52 Å². The molecule has 1 aromatic heterocycles. The molecule has 1 aliphatic rings. The summed E-state index contributed by atoms with van der Waals surface area (Å²) < 4.78 is 47.2. The molecule has 0 bridgehead atoms. The Hall–Kier alpha value is -2.44. The third-order valence-corrected chi connectivity index (χ3v) is 8.27. The monoisotopic (exact) mass is 492 g/mol. The number of rotatable bonds is 7. The first-order valence-electron chi connectivity index (χ1n) is 10.5. The largest absolute Gasteiger partial charge is 0.379 e. The molecule has 3 aromatic rings. The number of fused-ring (bicyclic) bond motifs is 1. The van der Waals surface area contributed by atoms with E-state index >= 15 is 0 Å². The van der Waals surface area contributed by atoms with E-state index in [0.717, 1.165) is 0 Å². The number of carbonyl (C=O) groups is 1. The summed E-state index contributed by atoms with van der Waals surface area (Å²) in [4.78, 5) is 21.3. The highest BCUT2D eigenvalue weighted by molar-refractivity contribution is 7.89. The van der Waals surface area contributed by atoms with Gasteiger partial charge in [-0.05, 0) is 50.5 Å². The van der Waals surface area contributed by atoms with Gasteiger partial charge in [-0.15, -0.1) is 0 Å². The molecule has 0 radical (unpaired) electrons. The number of amides is 1. The highest BCUT2D eigenvalue weighted by Crippen LogP contribution is 2.31. The van der Waals surface area contributed by atoms with Crippen LogP contribution in [0.25, 0.3) is 10.2 Å². The van der Waals surface area contributed by atoms with Gasteiger partial charge in [-0.3, -0.25) is 9.69 Å². The zero-order valence-corrected chi connectivity index (χ0v) is 20.0. The van der Waals surface area contributed by atoms with E-state index in [0.29, 0.717) is 54.8 Å². The van der Waals surface area contributed by atoms with E-state index in [1.807, 2.05) is 19.0 Å². The standard InChI is InChI=1S/C22H25FN4O4S2/c1-25(2)10-11-27(22-24-20-18(23)4-3-5-19(20)32-22)21(28)16-6-8-17(9-7-16)33(29,30)26-12-14-31-15-13-26/h3-9H,10-15H2,1-2H3. The quantitative estimate of drug-likeness (QED) is 0.504. The number of hydrogen-bond donors (Lipinski definition) is 0. The van der Waals surface area contributed by atoms with E-state index in [1.165, 1.54) is 50.9 Å². The lowest BCUT2D eigenvalue weighted by atomic mass is 10.2. The van der Waals surface area contributed by atoms with E-state index in [-0.39, 0.29) is 16.3 Å². The molecule has 1 saturated heterocycles. The van der Waals surface area contributed by atoms with Crippen LogP contribution in [0.1, 0.15) is 10.4 Å². The smallest absolute Gasteiger partial charge is 0.260 e. The van der Waals surface area contributed by atoms with E-state index in [2.05, 4.69) is 4.98 Å². The Kier molecular flexibility index (Phi) is 7.05. The molecule has 0 saturated carbocycles. The lowest BCUT2D eigenvalue weighted by Gasteiger charge is -2.26. The van der Waals surface area contributed by atoms with E-state index in [9.17, 15) is 17.6 Å². The summed E-state index contributed by atoms with van der Waals surface area (Å²) in [6, 6.07) is 10.6. The minimum atomic E-state index is -3.65. The molecule has 2 heterocycles. The van der Waals surface area contributed by atoms with Gasteiger partial charge in [-0.2, -0.15) is 4.31 Å². The maximum absolute atomic E-state index is 14.2. The number of anilines is 1. The van der Waals surface area contributed by atoms with Crippen LogP contribution in [0.2, 0.25) is 0 Å². The Morgan fingerprint density at radius 2 is 1.82 bits per heavy atom. The van der Waals surface area contributed by atoms with Crippen molar-refractivity contribution in [1.82, 2.24) is 14.2 Å². The number of hydrogen-bond acceptors (Lipinski definition) is 7. The highest BCUT2D eigenvalue weighted by Gasteiger charge is 2.27. The molecule has 8 nitrogen and oxygen atoms in total. The molecule has 1 amide bonds. The van der Waals surface area contributed by atoms with Crippen LogP contribution >= 0.6 is 11.3 Å². The third-order valence-electron chi connectivity index (χ3n) is 5.31. The van der Waals surface area contributed by atoms with E-state index < -0.39 is 15.8 Å². The number of sulfonamides is 1. The molecule has 176 valence electrons. The van der Waals surface area contributed by atoms with Crippen molar-refractivity contribution in [3.63, 3.8) is 0 Å². The van der Waals surface area contributed by atoms with Crippen molar-refractivity contribution < 1.29 is 22.3 Å². The second-order valence-electron chi connectivity index (χ2n) is 7.88. The molecule has 1 aliphatic heterocycles. The van der Waals surface area contributed by atoms with Gasteiger partial charge in [0, 0.05) is 31.7 Å². The number of halogens is 1. The van der Waals surface area contributed by atoms with Gasteiger partial charge >= 0.3 is 0 Å². The Balaban J connectivity index is 1.62. The molecule has 0 spiro atoms. The van der Waals surface area contributed by atoms with Gasteiger partial charge in [-0.1, -0.05) is 17.4 Å². The average molecular weight is 493 g/mol. The van der Waals surface area contributed by atoms with Gasteiger partial charge in [0.1, 0.15) is 11.3 Å². The molecule has 1 fully saturated rings. The summed E-state index contributed by atoms with van der Waals surface area (Å²) in [5, 5.41) is 0.395. The Morgan fingerprint density at radius 3 is 2.45 bits per heavy atom. The predicted molar refractivity (Wildman–Crippen MR) is 126 cm³/mol. The van der Waals surface area contributed by atoms with Gasteiger partial charge in [-0.25, -0.2) is 17.8 Å². The molecular weight excluding hydrogens is 467 g/mol. The molecule has 0 unspecified atom stereocenters. The first kappa shape index (κ1) is 23.7. The molecular formula is C22H25FN4O4S2. The van der Waals surface area contributed by atoms with Crippen molar-refractivity contribution >= 4 is 42.6 Å². The molecule has 4 rings (SSSR count). The number of benzene rings is 2. The number of likely N-dealkylation sites (N-methyl/N-ethyl adjacent to an activating group) is 1. The van der Waals surface area contributed by atoms with Crippen LogP contribution in [-0.2, 0) is 14.8 Å². The lowest BCUT2D eigenvalue weighted by Crippen LogP contribution is -2.40. The number of aromatic nitrogens is 1.